The van der Waals surface area contributed by atoms with Crippen LogP contribution in [-0.2, 0) is 12.5 Å². The first-order valence-electron chi connectivity index (χ1n) is 8.08. The van der Waals surface area contributed by atoms with Crippen molar-refractivity contribution in [2.45, 2.75) is 46.5 Å². The second-order valence-electron chi connectivity index (χ2n) is 7.41. The number of hydrogen-bond donors (Lipinski definition) is 1. The van der Waals surface area contributed by atoms with E-state index in [-0.39, 0.29) is 5.41 Å². The molecule has 0 aliphatic heterocycles. The number of nitrogens with zero attached hydrogens (tertiary/aromatic N) is 1. The maximum Gasteiger partial charge on any atom is 0.0483 e. The summed E-state index contributed by atoms with van der Waals surface area (Å²) in [6.45, 7) is 13.6. The third-order valence-electron chi connectivity index (χ3n) is 4.35. The molecular weight excluding hydrogens is 256 g/mol. The highest BCUT2D eigenvalue weighted by Gasteiger charge is 2.24. The van der Waals surface area contributed by atoms with Gasteiger partial charge in [0.2, 0.25) is 0 Å². The van der Waals surface area contributed by atoms with E-state index in [1.165, 1.54) is 22.0 Å². The molecule has 0 unspecified atom stereocenters. The molecule has 0 radical (unpaired) electrons. The Labute approximate surface area is 129 Å². The molecule has 2 heteroatoms. The van der Waals surface area contributed by atoms with Crippen molar-refractivity contribution in [2.24, 2.45) is 13.0 Å². The summed E-state index contributed by atoms with van der Waals surface area (Å²) in [5, 5.41) is 4.97. The number of aromatic nitrogens is 1. The molecule has 0 saturated heterocycles. The SMILES string of the molecule is Cc1ccc2c(C(C)(C)CCNCC(C)C)cn(C)c2c1. The predicted octanol–water partition coefficient (Wildman–Crippen LogP) is 4.40. The Hall–Kier alpha value is -1.28. The molecule has 0 bridgehead atoms. The standard InChI is InChI=1S/C19H30N2/c1-14(2)12-20-10-9-19(4,5)17-13-21(6)18-11-15(3)7-8-16(17)18/h7-8,11,13-14,20H,9-10,12H2,1-6H3. The van der Waals surface area contributed by atoms with E-state index in [9.17, 15) is 0 Å². The second-order valence-corrected chi connectivity index (χ2v) is 7.41. The van der Waals surface area contributed by atoms with Crippen LogP contribution < -0.4 is 5.32 Å². The summed E-state index contributed by atoms with van der Waals surface area (Å²) in [7, 11) is 2.15. The van der Waals surface area contributed by atoms with Crippen LogP contribution in [0.15, 0.2) is 24.4 Å². The minimum Gasteiger partial charge on any atom is -0.350 e. The third-order valence-corrected chi connectivity index (χ3v) is 4.35. The van der Waals surface area contributed by atoms with Gasteiger partial charge in [-0.1, -0.05) is 39.8 Å². The molecule has 1 aromatic heterocycles. The lowest BCUT2D eigenvalue weighted by Gasteiger charge is -2.25. The van der Waals surface area contributed by atoms with Gasteiger partial charge in [0.05, 0.1) is 0 Å². The van der Waals surface area contributed by atoms with Gasteiger partial charge in [-0.3, -0.25) is 0 Å². The average molecular weight is 286 g/mol. The molecule has 0 spiro atoms. The first-order chi connectivity index (χ1) is 9.81. The first kappa shape index (κ1) is 16.1. The van der Waals surface area contributed by atoms with Crippen LogP contribution in [0.4, 0.5) is 0 Å². The summed E-state index contributed by atoms with van der Waals surface area (Å²) < 4.78 is 2.26. The van der Waals surface area contributed by atoms with Gasteiger partial charge in [-0.2, -0.15) is 0 Å². The molecule has 2 rings (SSSR count). The molecular formula is C19H30N2. The van der Waals surface area contributed by atoms with Crippen molar-refractivity contribution < 1.29 is 0 Å². The lowest BCUT2D eigenvalue weighted by atomic mass is 9.81. The van der Waals surface area contributed by atoms with Crippen molar-refractivity contribution >= 4 is 10.9 Å². The van der Waals surface area contributed by atoms with Gasteiger partial charge in [-0.05, 0) is 55.0 Å². The van der Waals surface area contributed by atoms with Crippen molar-refractivity contribution in [3.8, 4) is 0 Å². The summed E-state index contributed by atoms with van der Waals surface area (Å²) in [6, 6.07) is 6.79. The van der Waals surface area contributed by atoms with Gasteiger partial charge in [-0.15, -0.1) is 0 Å². The molecule has 0 atom stereocenters. The van der Waals surface area contributed by atoms with Crippen molar-refractivity contribution in [1.29, 1.82) is 0 Å². The van der Waals surface area contributed by atoms with Crippen LogP contribution in [0.3, 0.4) is 0 Å². The van der Waals surface area contributed by atoms with Crippen molar-refractivity contribution in [3.63, 3.8) is 0 Å². The van der Waals surface area contributed by atoms with Crippen LogP contribution in [0.1, 0.15) is 45.2 Å². The first-order valence-corrected chi connectivity index (χ1v) is 8.08. The monoisotopic (exact) mass is 286 g/mol. The third kappa shape index (κ3) is 3.68. The molecule has 0 aliphatic rings. The van der Waals surface area contributed by atoms with Crippen molar-refractivity contribution in [1.82, 2.24) is 9.88 Å². The molecule has 0 amide bonds. The van der Waals surface area contributed by atoms with E-state index >= 15 is 0 Å². The van der Waals surface area contributed by atoms with Crippen LogP contribution in [0.2, 0.25) is 0 Å². The van der Waals surface area contributed by atoms with Crippen LogP contribution in [-0.4, -0.2) is 17.7 Å². The number of benzene rings is 1. The summed E-state index contributed by atoms with van der Waals surface area (Å²) >= 11 is 0. The maximum atomic E-state index is 3.57. The molecule has 1 heterocycles. The van der Waals surface area contributed by atoms with Gasteiger partial charge in [0, 0.05) is 24.1 Å². The smallest absolute Gasteiger partial charge is 0.0483 e. The fourth-order valence-electron chi connectivity index (χ4n) is 2.96. The van der Waals surface area contributed by atoms with Gasteiger partial charge < -0.3 is 9.88 Å². The maximum absolute atomic E-state index is 3.57. The fraction of sp³-hybridized carbons (Fsp3) is 0.579. The Balaban J connectivity index is 2.20. The molecule has 0 fully saturated rings. The number of hydrogen-bond acceptors (Lipinski definition) is 1. The second kappa shape index (κ2) is 6.23. The molecule has 2 aromatic rings. The number of nitrogens with one attached hydrogen (secondary N) is 1. The Bertz CT molecular complexity index is 605. The summed E-state index contributed by atoms with van der Waals surface area (Å²) in [5.74, 6) is 0.716. The van der Waals surface area contributed by atoms with Crippen LogP contribution in [0, 0.1) is 12.8 Å². The molecule has 0 aliphatic carbocycles. The van der Waals surface area contributed by atoms with Gasteiger partial charge in [0.1, 0.15) is 0 Å². The fourth-order valence-corrected chi connectivity index (χ4v) is 2.96. The minimum absolute atomic E-state index is 0.193. The average Bonchev–Trinajstić information content (AvgIpc) is 2.73. The van der Waals surface area contributed by atoms with Crippen molar-refractivity contribution in [3.05, 3.63) is 35.5 Å². The van der Waals surface area contributed by atoms with Gasteiger partial charge >= 0.3 is 0 Å². The molecule has 0 saturated carbocycles. The number of aryl methyl sites for hydroxylation is 2. The van der Waals surface area contributed by atoms with E-state index in [4.69, 9.17) is 0 Å². The molecule has 2 nitrogen and oxygen atoms in total. The zero-order valence-corrected chi connectivity index (χ0v) is 14.5. The Kier molecular flexibility index (Phi) is 4.77. The van der Waals surface area contributed by atoms with Gasteiger partial charge in [0.25, 0.3) is 0 Å². The van der Waals surface area contributed by atoms with Gasteiger partial charge in [-0.25, -0.2) is 0 Å². The highest BCUT2D eigenvalue weighted by atomic mass is 14.9. The normalized spacial score (nSPS) is 12.5. The summed E-state index contributed by atoms with van der Waals surface area (Å²) in [4.78, 5) is 0. The van der Waals surface area contributed by atoms with E-state index in [2.05, 4.69) is 75.9 Å². The van der Waals surface area contributed by atoms with Crippen LogP contribution in [0.25, 0.3) is 10.9 Å². The Morgan fingerprint density at radius 3 is 2.62 bits per heavy atom. The van der Waals surface area contributed by atoms with E-state index in [0.29, 0.717) is 5.92 Å². The highest BCUT2D eigenvalue weighted by Crippen LogP contribution is 2.34. The summed E-state index contributed by atoms with van der Waals surface area (Å²) in [5.41, 5.74) is 4.32. The highest BCUT2D eigenvalue weighted by molar-refractivity contribution is 5.85. The molecule has 1 N–H and O–H groups in total. The lowest BCUT2D eigenvalue weighted by Crippen LogP contribution is -2.27. The topological polar surface area (TPSA) is 17.0 Å². The molecule has 21 heavy (non-hydrogen) atoms. The molecule has 1 aromatic carbocycles. The van der Waals surface area contributed by atoms with E-state index in [1.54, 1.807) is 0 Å². The van der Waals surface area contributed by atoms with Gasteiger partial charge in [0.15, 0.2) is 0 Å². The molecule has 116 valence electrons. The van der Waals surface area contributed by atoms with E-state index in [1.807, 2.05) is 0 Å². The van der Waals surface area contributed by atoms with Crippen LogP contribution in [0.5, 0.6) is 0 Å². The number of rotatable bonds is 6. The Morgan fingerprint density at radius 2 is 1.95 bits per heavy atom. The van der Waals surface area contributed by atoms with E-state index < -0.39 is 0 Å². The zero-order chi connectivity index (χ0) is 15.6. The predicted molar refractivity (Wildman–Crippen MR) is 93.0 cm³/mol. The minimum atomic E-state index is 0.193. The van der Waals surface area contributed by atoms with Crippen molar-refractivity contribution in [2.75, 3.05) is 13.1 Å². The van der Waals surface area contributed by atoms with E-state index in [0.717, 1.165) is 19.5 Å². The Morgan fingerprint density at radius 1 is 1.24 bits per heavy atom. The quantitative estimate of drug-likeness (QED) is 0.779. The summed E-state index contributed by atoms with van der Waals surface area (Å²) in [6.07, 6.45) is 3.47. The number of fused-ring (bicyclic) bond motifs is 1. The zero-order valence-electron chi connectivity index (χ0n) is 14.5. The largest absolute Gasteiger partial charge is 0.350 e. The van der Waals surface area contributed by atoms with Crippen LogP contribution >= 0.6 is 0 Å². The lowest BCUT2D eigenvalue weighted by molar-refractivity contribution is 0.444.